The van der Waals surface area contributed by atoms with Gasteiger partial charge < -0.3 is 5.11 Å². The highest BCUT2D eigenvalue weighted by Gasteiger charge is 2.03. The summed E-state index contributed by atoms with van der Waals surface area (Å²) in [4.78, 5) is 10.4. The number of carboxylic acids is 1. The largest absolute Gasteiger partial charge is 0.478 e. The highest BCUT2D eigenvalue weighted by atomic mass is 19.1. The maximum Gasteiger partial charge on any atom is 0.328 e. The zero-order valence-electron chi connectivity index (χ0n) is 9.81. The topological polar surface area (TPSA) is 37.3 Å². The van der Waals surface area contributed by atoms with E-state index in [1.54, 1.807) is 24.3 Å². The minimum atomic E-state index is -1.03. The quantitative estimate of drug-likeness (QED) is 0.854. The molecule has 0 aliphatic heterocycles. The third kappa shape index (κ3) is 3.48. The van der Waals surface area contributed by atoms with Gasteiger partial charge in [0.1, 0.15) is 11.6 Å². The molecular weight excluding hydrogens is 250 g/mol. The van der Waals surface area contributed by atoms with E-state index in [1.165, 1.54) is 18.2 Å². The molecule has 0 saturated carbocycles. The molecule has 2 rings (SSSR count). The van der Waals surface area contributed by atoms with Crippen molar-refractivity contribution in [2.75, 3.05) is 0 Å². The summed E-state index contributed by atoms with van der Waals surface area (Å²) in [6.07, 6.45) is 2.47. The van der Waals surface area contributed by atoms with Crippen molar-refractivity contribution >= 4 is 12.0 Å². The van der Waals surface area contributed by atoms with E-state index in [1.807, 2.05) is 0 Å². The number of benzene rings is 2. The van der Waals surface area contributed by atoms with E-state index in [2.05, 4.69) is 0 Å². The van der Waals surface area contributed by atoms with Crippen molar-refractivity contribution in [2.45, 2.75) is 0 Å². The molecule has 0 radical (unpaired) electrons. The number of carboxylic acid groups (broad SMARTS) is 1. The molecule has 0 aromatic heterocycles. The van der Waals surface area contributed by atoms with Crippen LogP contribution in [-0.2, 0) is 4.79 Å². The normalized spacial score (nSPS) is 10.8. The number of carbonyl (C=O) groups is 1. The van der Waals surface area contributed by atoms with Crippen molar-refractivity contribution in [3.8, 4) is 11.1 Å². The van der Waals surface area contributed by atoms with Gasteiger partial charge in [0, 0.05) is 12.1 Å². The monoisotopic (exact) mass is 260 g/mol. The highest BCUT2D eigenvalue weighted by Crippen LogP contribution is 2.22. The van der Waals surface area contributed by atoms with Gasteiger partial charge in [-0.1, -0.05) is 24.3 Å². The van der Waals surface area contributed by atoms with Crippen LogP contribution in [-0.4, -0.2) is 11.1 Å². The molecule has 0 amide bonds. The lowest BCUT2D eigenvalue weighted by Crippen LogP contribution is -1.86. The Morgan fingerprint density at radius 1 is 0.947 bits per heavy atom. The lowest BCUT2D eigenvalue weighted by atomic mass is 10.0. The molecule has 1 N–H and O–H groups in total. The molecular formula is C15H10F2O2. The van der Waals surface area contributed by atoms with Crippen LogP contribution in [0.1, 0.15) is 5.56 Å². The first-order valence-corrected chi connectivity index (χ1v) is 5.52. The molecule has 2 aromatic carbocycles. The van der Waals surface area contributed by atoms with E-state index in [4.69, 9.17) is 5.11 Å². The molecule has 0 bridgehead atoms. The molecule has 0 fully saturated rings. The fourth-order valence-electron chi connectivity index (χ4n) is 1.67. The van der Waals surface area contributed by atoms with Crippen LogP contribution in [0, 0.1) is 11.6 Å². The van der Waals surface area contributed by atoms with Crippen LogP contribution in [0.4, 0.5) is 8.78 Å². The number of hydrogen-bond donors (Lipinski definition) is 1. The zero-order valence-corrected chi connectivity index (χ0v) is 9.81. The Labute approximate surface area is 108 Å². The first kappa shape index (κ1) is 13.0. The predicted octanol–water partition coefficient (Wildman–Crippen LogP) is 3.73. The van der Waals surface area contributed by atoms with Gasteiger partial charge in [0.2, 0.25) is 0 Å². The molecule has 0 atom stereocenters. The summed E-state index contributed by atoms with van der Waals surface area (Å²) >= 11 is 0. The summed E-state index contributed by atoms with van der Waals surface area (Å²) in [6.45, 7) is 0. The minimum absolute atomic E-state index is 0.436. The van der Waals surface area contributed by atoms with E-state index < -0.39 is 17.6 Å². The summed E-state index contributed by atoms with van der Waals surface area (Å²) in [5, 5.41) is 8.50. The Bertz CT molecular complexity index is 611. The summed E-state index contributed by atoms with van der Waals surface area (Å²) in [7, 11) is 0. The maximum absolute atomic E-state index is 13.1. The second kappa shape index (κ2) is 5.44. The van der Waals surface area contributed by atoms with Crippen LogP contribution in [0.15, 0.2) is 48.5 Å². The average Bonchev–Trinajstić information content (AvgIpc) is 2.36. The summed E-state index contributed by atoms with van der Waals surface area (Å²) in [6, 6.07) is 10.0. The number of rotatable bonds is 3. The predicted molar refractivity (Wildman–Crippen MR) is 68.5 cm³/mol. The molecule has 0 aliphatic rings. The van der Waals surface area contributed by atoms with E-state index in [0.717, 1.165) is 12.1 Å². The fourth-order valence-corrected chi connectivity index (χ4v) is 1.67. The third-order valence-corrected chi connectivity index (χ3v) is 2.52. The number of halogens is 2. The SMILES string of the molecule is O=C(O)C=Cc1ccc(-c2cc(F)cc(F)c2)cc1. The molecule has 0 saturated heterocycles. The van der Waals surface area contributed by atoms with Gasteiger partial charge in [-0.2, -0.15) is 0 Å². The van der Waals surface area contributed by atoms with Gasteiger partial charge in [0.25, 0.3) is 0 Å². The summed E-state index contributed by atoms with van der Waals surface area (Å²) < 4.78 is 26.2. The molecule has 0 unspecified atom stereocenters. The molecule has 96 valence electrons. The van der Waals surface area contributed by atoms with Crippen LogP contribution in [0.3, 0.4) is 0 Å². The standard InChI is InChI=1S/C15H10F2O2/c16-13-7-12(8-14(17)9-13)11-4-1-10(2-5-11)3-6-15(18)19/h1-9H,(H,18,19). The van der Waals surface area contributed by atoms with Crippen molar-refractivity contribution in [1.29, 1.82) is 0 Å². The zero-order chi connectivity index (χ0) is 13.8. The van der Waals surface area contributed by atoms with Crippen LogP contribution in [0.25, 0.3) is 17.2 Å². The lowest BCUT2D eigenvalue weighted by Gasteiger charge is -2.03. The van der Waals surface area contributed by atoms with Gasteiger partial charge in [0.15, 0.2) is 0 Å². The van der Waals surface area contributed by atoms with Crippen LogP contribution < -0.4 is 0 Å². The Morgan fingerprint density at radius 2 is 1.53 bits per heavy atom. The number of aliphatic carboxylic acids is 1. The van der Waals surface area contributed by atoms with Crippen molar-refractivity contribution < 1.29 is 18.7 Å². The Balaban J connectivity index is 2.29. The van der Waals surface area contributed by atoms with Crippen LogP contribution in [0.2, 0.25) is 0 Å². The fraction of sp³-hybridized carbons (Fsp3) is 0. The molecule has 0 heterocycles. The van der Waals surface area contributed by atoms with E-state index in [9.17, 15) is 13.6 Å². The smallest absolute Gasteiger partial charge is 0.328 e. The van der Waals surface area contributed by atoms with Crippen LogP contribution in [0.5, 0.6) is 0 Å². The Kier molecular flexibility index (Phi) is 3.71. The Morgan fingerprint density at radius 3 is 2.05 bits per heavy atom. The minimum Gasteiger partial charge on any atom is -0.478 e. The summed E-state index contributed by atoms with van der Waals surface area (Å²) in [5.41, 5.74) is 1.79. The third-order valence-electron chi connectivity index (χ3n) is 2.52. The van der Waals surface area contributed by atoms with E-state index in [-0.39, 0.29) is 0 Å². The number of hydrogen-bond acceptors (Lipinski definition) is 1. The lowest BCUT2D eigenvalue weighted by molar-refractivity contribution is -0.131. The van der Waals surface area contributed by atoms with Gasteiger partial charge in [0.05, 0.1) is 0 Å². The van der Waals surface area contributed by atoms with Crippen LogP contribution >= 0.6 is 0 Å². The Hall–Kier alpha value is -2.49. The molecule has 4 heteroatoms. The van der Waals surface area contributed by atoms with Crippen molar-refractivity contribution in [2.24, 2.45) is 0 Å². The molecule has 2 aromatic rings. The van der Waals surface area contributed by atoms with Crippen molar-refractivity contribution in [3.05, 3.63) is 65.7 Å². The molecule has 19 heavy (non-hydrogen) atoms. The van der Waals surface area contributed by atoms with E-state index >= 15 is 0 Å². The van der Waals surface area contributed by atoms with Crippen molar-refractivity contribution in [1.82, 2.24) is 0 Å². The van der Waals surface area contributed by atoms with Gasteiger partial charge in [-0.25, -0.2) is 13.6 Å². The summed E-state index contributed by atoms with van der Waals surface area (Å²) in [5.74, 6) is -2.30. The molecule has 2 nitrogen and oxygen atoms in total. The first-order valence-electron chi connectivity index (χ1n) is 5.52. The van der Waals surface area contributed by atoms with Gasteiger partial charge in [-0.05, 0) is 34.9 Å². The molecule has 0 spiro atoms. The average molecular weight is 260 g/mol. The highest BCUT2D eigenvalue weighted by molar-refractivity contribution is 5.85. The second-order valence-corrected chi connectivity index (χ2v) is 3.95. The van der Waals surface area contributed by atoms with Crippen molar-refractivity contribution in [3.63, 3.8) is 0 Å². The maximum atomic E-state index is 13.1. The molecule has 0 aliphatic carbocycles. The van der Waals surface area contributed by atoms with E-state index in [0.29, 0.717) is 16.7 Å². The van der Waals surface area contributed by atoms with Gasteiger partial charge in [-0.3, -0.25) is 0 Å². The van der Waals surface area contributed by atoms with Gasteiger partial charge in [-0.15, -0.1) is 0 Å². The second-order valence-electron chi connectivity index (χ2n) is 3.95. The van der Waals surface area contributed by atoms with Gasteiger partial charge >= 0.3 is 5.97 Å². The first-order chi connectivity index (χ1) is 9.04.